The van der Waals surface area contributed by atoms with Gasteiger partial charge in [0.25, 0.3) is 0 Å². The Hall–Kier alpha value is -6.55. The third kappa shape index (κ3) is 10.5. The van der Waals surface area contributed by atoms with Gasteiger partial charge in [0.15, 0.2) is 7.37 Å². The normalized spacial score (nSPS) is 14.3. The zero-order chi connectivity index (χ0) is 45.8. The van der Waals surface area contributed by atoms with Crippen LogP contribution in [0, 0.1) is 23.3 Å². The Morgan fingerprint density at radius 2 is 1.08 bits per heavy atom. The van der Waals surface area contributed by atoms with Crippen molar-refractivity contribution in [3.05, 3.63) is 180 Å². The number of halogens is 4. The third-order valence-corrected chi connectivity index (χ3v) is 12.1. The maximum Gasteiger partial charge on any atom is 0.198 e. The van der Waals surface area contributed by atoms with E-state index in [9.17, 15) is 22.8 Å². The first-order valence-corrected chi connectivity index (χ1v) is 22.7. The highest BCUT2D eigenvalue weighted by atomic mass is 31.2. The molecule has 4 heterocycles. The summed E-state index contributed by atoms with van der Waals surface area (Å²) in [6, 6.07) is 25.7. The van der Waals surface area contributed by atoms with E-state index in [1.807, 2.05) is 81.7 Å². The average molecular weight is 911 g/mol. The maximum atomic E-state index is 15.3. The Bertz CT molecular complexity index is 2850. The van der Waals surface area contributed by atoms with Crippen molar-refractivity contribution in [1.29, 1.82) is 0 Å². The largest absolute Gasteiger partial charge is 0.382 e. The van der Waals surface area contributed by atoms with Gasteiger partial charge in [-0.15, -0.1) is 0 Å². The van der Waals surface area contributed by atoms with Gasteiger partial charge in [-0.25, -0.2) is 36.9 Å². The molecule has 0 fully saturated rings. The Balaban J connectivity index is 0.000000214. The van der Waals surface area contributed by atoms with E-state index < -0.39 is 53.7 Å². The van der Waals surface area contributed by atoms with E-state index in [2.05, 4.69) is 30.4 Å². The Morgan fingerprint density at radius 3 is 1.48 bits per heavy atom. The Kier molecular flexibility index (Phi) is 14.5. The SMILES string of the molecule is C.C[C@@H](c1ccc(-c2ccnn2C)cc1)[C@@](Cn1cncn1)(OP(C)(C)=O)c1ccc(F)cc1F.C[C@@H](c1ccc(-c2ccnn2C)cc1)[C@](O)(Cn1cncn1)c1ccc(F)cc1F. The molecule has 0 amide bonds. The van der Waals surface area contributed by atoms with Crippen molar-refractivity contribution >= 4 is 7.37 Å². The standard InChI is InChI=1S/C24H26F2N5O2P.C22H21F2N5O.CH4/c1-17(18-5-7-19(8-6-18)23-11-12-28-30(23)2)24(33-34(3,4)32,14-31-16-27-15-29-31)21-10-9-20(25)13-22(21)26;1-15(16-3-5-17(6-4-16)21-9-10-26-28(21)2)22(30,12-29-14-25-13-27-29)19-8-7-18(23)11-20(19)24;/h5-13,15-17H,14H2,1-4H3;3-11,13-15,30H,12H2,1-2H3;1H4/t17-,24+;15-,22+;/m00./s1. The fraction of sp³-hybridized carbons (Fsp3) is 0.277. The first-order valence-electron chi connectivity index (χ1n) is 20.2. The molecule has 0 saturated carbocycles. The van der Waals surface area contributed by atoms with Gasteiger partial charge in [-0.3, -0.25) is 13.9 Å². The van der Waals surface area contributed by atoms with E-state index in [4.69, 9.17) is 4.52 Å². The second kappa shape index (κ2) is 19.7. The van der Waals surface area contributed by atoms with Crippen LogP contribution in [0.15, 0.2) is 135 Å². The minimum atomic E-state index is -3.17. The van der Waals surface area contributed by atoms with Crippen LogP contribution < -0.4 is 0 Å². The van der Waals surface area contributed by atoms with Crippen molar-refractivity contribution in [2.45, 2.75) is 57.4 Å². The van der Waals surface area contributed by atoms with Crippen LogP contribution in [0.5, 0.6) is 0 Å². The van der Waals surface area contributed by atoms with E-state index in [-0.39, 0.29) is 31.6 Å². The van der Waals surface area contributed by atoms with Gasteiger partial charge in [0.2, 0.25) is 0 Å². The fourth-order valence-corrected chi connectivity index (χ4v) is 9.09. The molecular weight excluding hydrogens is 860 g/mol. The highest BCUT2D eigenvalue weighted by Crippen LogP contribution is 2.53. The van der Waals surface area contributed by atoms with Gasteiger partial charge in [-0.1, -0.05) is 81.9 Å². The molecule has 0 bridgehead atoms. The van der Waals surface area contributed by atoms with Crippen LogP contribution in [0.1, 0.15) is 55.4 Å². The zero-order valence-corrected chi connectivity index (χ0v) is 36.9. The van der Waals surface area contributed by atoms with Crippen molar-refractivity contribution in [1.82, 2.24) is 49.1 Å². The second-order valence-electron chi connectivity index (χ2n) is 16.0. The molecule has 0 unspecified atom stereocenters. The molecule has 65 heavy (non-hydrogen) atoms. The molecule has 4 aromatic heterocycles. The molecule has 0 saturated heterocycles. The lowest BCUT2D eigenvalue weighted by Gasteiger charge is -2.41. The number of rotatable bonds is 14. The van der Waals surface area contributed by atoms with Gasteiger partial charge in [0.05, 0.1) is 24.5 Å². The Morgan fingerprint density at radius 1 is 0.631 bits per heavy atom. The van der Waals surface area contributed by atoms with Crippen LogP contribution >= 0.6 is 7.37 Å². The first-order chi connectivity index (χ1) is 30.5. The predicted molar refractivity (Wildman–Crippen MR) is 240 cm³/mol. The smallest absolute Gasteiger partial charge is 0.198 e. The van der Waals surface area contributed by atoms with E-state index >= 15 is 4.39 Å². The van der Waals surface area contributed by atoms with E-state index in [0.29, 0.717) is 0 Å². The van der Waals surface area contributed by atoms with E-state index in [0.717, 1.165) is 51.8 Å². The summed E-state index contributed by atoms with van der Waals surface area (Å²) in [6.45, 7) is 6.60. The van der Waals surface area contributed by atoms with Crippen LogP contribution in [-0.4, -0.2) is 67.5 Å². The molecule has 0 aliphatic heterocycles. The van der Waals surface area contributed by atoms with Crippen LogP contribution in [-0.2, 0) is 47.5 Å². The zero-order valence-electron chi connectivity index (χ0n) is 36.0. The fourth-order valence-electron chi connectivity index (χ4n) is 7.99. The lowest BCUT2D eigenvalue weighted by molar-refractivity contribution is -0.0112. The highest BCUT2D eigenvalue weighted by molar-refractivity contribution is 7.57. The number of nitrogens with zero attached hydrogens (tertiary/aromatic N) is 10. The molecule has 0 aliphatic carbocycles. The van der Waals surface area contributed by atoms with Gasteiger partial charge in [0.1, 0.15) is 59.8 Å². The van der Waals surface area contributed by atoms with Crippen LogP contribution in [0.25, 0.3) is 22.5 Å². The van der Waals surface area contributed by atoms with Crippen molar-refractivity contribution < 1.29 is 31.8 Å². The summed E-state index contributed by atoms with van der Waals surface area (Å²) in [5, 5.41) is 28.3. The summed E-state index contributed by atoms with van der Waals surface area (Å²) in [7, 11) is 0.556. The molecule has 8 rings (SSSR count). The quantitative estimate of drug-likeness (QED) is 0.0834. The number of aliphatic hydroxyl groups is 1. The molecule has 340 valence electrons. The summed E-state index contributed by atoms with van der Waals surface area (Å²) in [5.41, 5.74) is 2.41. The number of hydrogen-bond acceptors (Lipinski definition) is 9. The van der Waals surface area contributed by atoms with Crippen LogP contribution in [0.2, 0.25) is 0 Å². The van der Waals surface area contributed by atoms with Crippen molar-refractivity contribution in [3.63, 3.8) is 0 Å². The van der Waals surface area contributed by atoms with Gasteiger partial charge in [-0.05, 0) is 46.5 Å². The minimum absolute atomic E-state index is 0. The van der Waals surface area contributed by atoms with Crippen molar-refractivity contribution in [2.75, 3.05) is 13.3 Å². The monoisotopic (exact) mass is 910 g/mol. The molecule has 0 radical (unpaired) electrons. The molecule has 0 spiro atoms. The molecule has 13 nitrogen and oxygen atoms in total. The van der Waals surface area contributed by atoms with Gasteiger partial charge >= 0.3 is 0 Å². The topological polar surface area (TPSA) is 144 Å². The summed E-state index contributed by atoms with van der Waals surface area (Å²) in [6.07, 6.45) is 9.07. The average Bonchev–Trinajstić information content (AvgIpc) is 4.11. The van der Waals surface area contributed by atoms with Crippen molar-refractivity contribution in [3.8, 4) is 22.5 Å². The Labute approximate surface area is 374 Å². The molecule has 4 atom stereocenters. The van der Waals surface area contributed by atoms with Gasteiger partial charge in [0, 0.05) is 74.9 Å². The maximum absolute atomic E-state index is 15.3. The number of aryl methyl sites for hydroxylation is 2. The minimum Gasteiger partial charge on any atom is -0.382 e. The molecule has 1 N–H and O–H groups in total. The van der Waals surface area contributed by atoms with E-state index in [1.165, 1.54) is 66.2 Å². The summed E-state index contributed by atoms with van der Waals surface area (Å²) in [5.74, 6) is -4.02. The van der Waals surface area contributed by atoms with Gasteiger partial charge in [-0.2, -0.15) is 20.4 Å². The molecular formula is C47H51F4N10O3P. The van der Waals surface area contributed by atoms with E-state index in [1.54, 1.807) is 28.7 Å². The van der Waals surface area contributed by atoms with Crippen LogP contribution in [0.3, 0.4) is 0 Å². The molecule has 18 heteroatoms. The number of benzene rings is 4. The third-order valence-electron chi connectivity index (χ3n) is 11.4. The lowest BCUT2D eigenvalue weighted by atomic mass is 9.77. The number of aromatic nitrogens is 10. The number of hydrogen-bond donors (Lipinski definition) is 1. The summed E-state index contributed by atoms with van der Waals surface area (Å²) >= 11 is 0. The van der Waals surface area contributed by atoms with Crippen LogP contribution in [0.4, 0.5) is 17.6 Å². The molecule has 4 aromatic carbocycles. The lowest BCUT2D eigenvalue weighted by Crippen LogP contribution is -2.40. The molecule has 8 aromatic rings. The van der Waals surface area contributed by atoms with Crippen molar-refractivity contribution in [2.24, 2.45) is 14.1 Å². The predicted octanol–water partition coefficient (Wildman–Crippen LogP) is 9.49. The van der Waals surface area contributed by atoms with Gasteiger partial charge < -0.3 is 9.63 Å². The summed E-state index contributed by atoms with van der Waals surface area (Å²) < 4.78 is 83.0. The first kappa shape index (κ1) is 47.9. The second-order valence-corrected chi connectivity index (χ2v) is 18.6. The summed E-state index contributed by atoms with van der Waals surface area (Å²) in [4.78, 5) is 7.87. The highest BCUT2D eigenvalue weighted by Gasteiger charge is 2.46. The molecule has 0 aliphatic rings.